The first-order valence-electron chi connectivity index (χ1n) is 7.60. The van der Waals surface area contributed by atoms with Crippen molar-refractivity contribution >= 4 is 0 Å². The van der Waals surface area contributed by atoms with Crippen molar-refractivity contribution in [1.82, 2.24) is 14.5 Å². The molecule has 2 aromatic heterocycles. The van der Waals surface area contributed by atoms with E-state index in [1.165, 1.54) is 12.3 Å². The van der Waals surface area contributed by atoms with E-state index in [1.807, 2.05) is 23.7 Å². The Morgan fingerprint density at radius 3 is 2.91 bits per heavy atom. The first-order chi connectivity index (χ1) is 10.6. The van der Waals surface area contributed by atoms with E-state index in [-0.39, 0.29) is 11.2 Å². The molecular formula is C17H23N3O2. The molecule has 0 unspecified atom stereocenters. The van der Waals surface area contributed by atoms with Gasteiger partial charge in [0.05, 0.1) is 6.20 Å². The molecule has 0 aliphatic heterocycles. The molecule has 0 bridgehead atoms. The molecule has 0 fully saturated rings. The molecule has 0 radical (unpaired) electrons. The predicted molar refractivity (Wildman–Crippen MR) is 86.9 cm³/mol. The van der Waals surface area contributed by atoms with Crippen molar-refractivity contribution in [3.63, 3.8) is 0 Å². The van der Waals surface area contributed by atoms with Crippen LogP contribution in [-0.2, 0) is 13.1 Å². The smallest absolute Gasteiger partial charge is 0.223 e. The quantitative estimate of drug-likeness (QED) is 0.852. The number of aromatic nitrogens is 2. The topological polar surface area (TPSA) is 58.4 Å². The second kappa shape index (κ2) is 7.75. The fourth-order valence-corrected chi connectivity index (χ4v) is 2.36. The molecule has 0 aromatic carbocycles. The standard InChI is InChI=1S/C17H23N3O2/c1-3-4-8-19(2)12-15-9-16(21)17(22)13-20(15)11-14-6-5-7-18-10-14/h5-7,9-10,13,22H,3-4,8,11-12H2,1-2H3. The molecule has 5 nitrogen and oxygen atoms in total. The van der Waals surface area contributed by atoms with Gasteiger partial charge in [-0.3, -0.25) is 9.78 Å². The highest BCUT2D eigenvalue weighted by molar-refractivity contribution is 5.22. The van der Waals surface area contributed by atoms with Gasteiger partial charge in [0, 0.05) is 37.2 Å². The maximum atomic E-state index is 11.7. The number of aromatic hydroxyl groups is 1. The molecule has 0 aliphatic carbocycles. The molecule has 1 N–H and O–H groups in total. The van der Waals surface area contributed by atoms with E-state index >= 15 is 0 Å². The van der Waals surface area contributed by atoms with E-state index in [0.29, 0.717) is 13.1 Å². The van der Waals surface area contributed by atoms with Gasteiger partial charge in [0.1, 0.15) is 0 Å². The number of hydrogen-bond acceptors (Lipinski definition) is 4. The zero-order valence-corrected chi connectivity index (χ0v) is 13.2. The zero-order chi connectivity index (χ0) is 15.9. The minimum absolute atomic E-state index is 0.219. The van der Waals surface area contributed by atoms with Crippen LogP contribution in [0.1, 0.15) is 31.0 Å². The monoisotopic (exact) mass is 301 g/mol. The third-order valence-corrected chi connectivity index (χ3v) is 3.60. The summed E-state index contributed by atoms with van der Waals surface area (Å²) in [6, 6.07) is 5.38. The van der Waals surface area contributed by atoms with Gasteiger partial charge in [-0.1, -0.05) is 19.4 Å². The van der Waals surface area contributed by atoms with Gasteiger partial charge in [-0.05, 0) is 31.6 Å². The summed E-state index contributed by atoms with van der Waals surface area (Å²) in [5, 5.41) is 9.72. The molecule has 5 heteroatoms. The van der Waals surface area contributed by atoms with E-state index in [2.05, 4.69) is 16.8 Å². The molecule has 22 heavy (non-hydrogen) atoms. The van der Waals surface area contributed by atoms with Crippen molar-refractivity contribution in [3.05, 3.63) is 58.3 Å². The van der Waals surface area contributed by atoms with E-state index in [9.17, 15) is 9.90 Å². The lowest BCUT2D eigenvalue weighted by Gasteiger charge is -2.20. The molecule has 2 heterocycles. The van der Waals surface area contributed by atoms with Gasteiger partial charge in [-0.2, -0.15) is 0 Å². The average Bonchev–Trinajstić information content (AvgIpc) is 2.51. The summed E-state index contributed by atoms with van der Waals surface area (Å²) >= 11 is 0. The Morgan fingerprint density at radius 2 is 2.23 bits per heavy atom. The number of nitrogens with zero attached hydrogens (tertiary/aromatic N) is 3. The second-order valence-electron chi connectivity index (χ2n) is 5.59. The van der Waals surface area contributed by atoms with E-state index in [1.54, 1.807) is 12.4 Å². The highest BCUT2D eigenvalue weighted by Crippen LogP contribution is 2.11. The summed E-state index contributed by atoms with van der Waals surface area (Å²) in [6.45, 7) is 4.40. The van der Waals surface area contributed by atoms with Crippen LogP contribution in [0.2, 0.25) is 0 Å². The first kappa shape index (κ1) is 16.2. The Morgan fingerprint density at radius 1 is 1.41 bits per heavy atom. The second-order valence-corrected chi connectivity index (χ2v) is 5.59. The van der Waals surface area contributed by atoms with Crippen molar-refractivity contribution in [2.45, 2.75) is 32.9 Å². The zero-order valence-electron chi connectivity index (χ0n) is 13.2. The van der Waals surface area contributed by atoms with Gasteiger partial charge in [0.2, 0.25) is 5.43 Å². The van der Waals surface area contributed by atoms with Crippen LogP contribution in [0.25, 0.3) is 0 Å². The average molecular weight is 301 g/mol. The molecule has 0 spiro atoms. The Balaban J connectivity index is 2.23. The van der Waals surface area contributed by atoms with Crippen LogP contribution >= 0.6 is 0 Å². The maximum Gasteiger partial charge on any atom is 0.223 e. The fraction of sp³-hybridized carbons (Fsp3) is 0.412. The normalized spacial score (nSPS) is 11.0. The highest BCUT2D eigenvalue weighted by atomic mass is 16.3. The Kier molecular flexibility index (Phi) is 5.72. The number of pyridine rings is 2. The number of hydrogen-bond donors (Lipinski definition) is 1. The third-order valence-electron chi connectivity index (χ3n) is 3.60. The Bertz CT molecular complexity index is 653. The molecule has 0 amide bonds. The molecule has 2 rings (SSSR count). The van der Waals surface area contributed by atoms with Crippen LogP contribution in [0.3, 0.4) is 0 Å². The predicted octanol–water partition coefficient (Wildman–Crippen LogP) is 2.23. The van der Waals surface area contributed by atoms with Crippen LogP contribution in [-0.4, -0.2) is 33.1 Å². The van der Waals surface area contributed by atoms with Crippen molar-refractivity contribution in [1.29, 1.82) is 0 Å². The number of unbranched alkanes of at least 4 members (excludes halogenated alkanes) is 1. The maximum absolute atomic E-state index is 11.7. The largest absolute Gasteiger partial charge is 0.503 e. The highest BCUT2D eigenvalue weighted by Gasteiger charge is 2.09. The van der Waals surface area contributed by atoms with Gasteiger partial charge in [-0.25, -0.2) is 0 Å². The summed E-state index contributed by atoms with van der Waals surface area (Å²) in [6.07, 6.45) is 7.30. The van der Waals surface area contributed by atoms with Gasteiger partial charge < -0.3 is 14.6 Å². The van der Waals surface area contributed by atoms with Crippen LogP contribution in [0.4, 0.5) is 0 Å². The molecule has 118 valence electrons. The van der Waals surface area contributed by atoms with Gasteiger partial charge in [0.25, 0.3) is 0 Å². The molecule has 0 saturated carbocycles. The van der Waals surface area contributed by atoms with Crippen molar-refractivity contribution in [3.8, 4) is 5.75 Å². The van der Waals surface area contributed by atoms with Crippen molar-refractivity contribution < 1.29 is 5.11 Å². The van der Waals surface area contributed by atoms with Crippen LogP contribution in [0.15, 0.2) is 41.6 Å². The summed E-state index contributed by atoms with van der Waals surface area (Å²) in [5.41, 5.74) is 1.59. The fourth-order valence-electron chi connectivity index (χ4n) is 2.36. The molecule has 0 atom stereocenters. The lowest BCUT2D eigenvalue weighted by molar-refractivity contribution is 0.310. The van der Waals surface area contributed by atoms with E-state index < -0.39 is 0 Å². The summed E-state index contributed by atoms with van der Waals surface area (Å²) in [5.74, 6) is -0.219. The third kappa shape index (κ3) is 4.43. The Hall–Kier alpha value is -2.14. The van der Waals surface area contributed by atoms with Crippen molar-refractivity contribution in [2.24, 2.45) is 0 Å². The van der Waals surface area contributed by atoms with Gasteiger partial charge in [0.15, 0.2) is 5.75 Å². The van der Waals surface area contributed by atoms with Crippen LogP contribution in [0.5, 0.6) is 5.75 Å². The minimum Gasteiger partial charge on any atom is -0.503 e. The first-order valence-corrected chi connectivity index (χ1v) is 7.60. The van der Waals surface area contributed by atoms with Gasteiger partial charge in [-0.15, -0.1) is 0 Å². The lowest BCUT2D eigenvalue weighted by Crippen LogP contribution is -2.23. The SMILES string of the molecule is CCCCN(C)Cc1cc(=O)c(O)cn1Cc1cccnc1. The van der Waals surface area contributed by atoms with Gasteiger partial charge >= 0.3 is 0 Å². The minimum atomic E-state index is -0.332. The molecular weight excluding hydrogens is 278 g/mol. The summed E-state index contributed by atoms with van der Waals surface area (Å²) in [7, 11) is 2.04. The summed E-state index contributed by atoms with van der Waals surface area (Å²) < 4.78 is 1.91. The number of rotatable bonds is 7. The van der Waals surface area contributed by atoms with Crippen LogP contribution in [0, 0.1) is 0 Å². The molecule has 0 aliphatic rings. The lowest BCUT2D eigenvalue weighted by atomic mass is 10.2. The molecule has 2 aromatic rings. The van der Waals surface area contributed by atoms with Crippen LogP contribution < -0.4 is 5.43 Å². The Labute approximate surface area is 130 Å². The summed E-state index contributed by atoms with van der Waals surface area (Å²) in [4.78, 5) is 18.0. The van der Waals surface area contributed by atoms with Crippen molar-refractivity contribution in [2.75, 3.05) is 13.6 Å². The van der Waals surface area contributed by atoms with E-state index in [4.69, 9.17) is 0 Å². The van der Waals surface area contributed by atoms with E-state index in [0.717, 1.165) is 30.6 Å². The molecule has 0 saturated heterocycles.